The first-order chi connectivity index (χ1) is 8.41. The van der Waals surface area contributed by atoms with Crippen molar-refractivity contribution in [3.8, 4) is 0 Å². The molecule has 0 fully saturated rings. The molecule has 0 aromatic carbocycles. The van der Waals surface area contributed by atoms with E-state index in [-0.39, 0.29) is 0 Å². The van der Waals surface area contributed by atoms with Crippen LogP contribution in [0.5, 0.6) is 0 Å². The lowest BCUT2D eigenvalue weighted by molar-refractivity contribution is -0.107. The lowest BCUT2D eigenvalue weighted by Crippen LogP contribution is -1.82. The van der Waals surface area contributed by atoms with Crippen molar-refractivity contribution >= 4 is 6.29 Å². The van der Waals surface area contributed by atoms with E-state index < -0.39 is 0 Å². The third-order valence-corrected chi connectivity index (χ3v) is 3.18. The van der Waals surface area contributed by atoms with E-state index in [1.54, 1.807) is 0 Å². The number of hydrogen-bond acceptors (Lipinski definition) is 1. The van der Waals surface area contributed by atoms with Crippen molar-refractivity contribution in [2.45, 2.75) is 84.0 Å². The van der Waals surface area contributed by atoms with E-state index in [4.69, 9.17) is 0 Å². The van der Waals surface area contributed by atoms with Gasteiger partial charge in [-0.2, -0.15) is 0 Å². The molecule has 0 bridgehead atoms. The minimum atomic E-state index is 0.756. The smallest absolute Gasteiger partial charge is 0.119 e. The van der Waals surface area contributed by atoms with E-state index in [9.17, 15) is 4.79 Å². The molecule has 100 valence electrons. The Morgan fingerprint density at radius 3 is 1.47 bits per heavy atom. The van der Waals surface area contributed by atoms with Crippen LogP contribution in [-0.4, -0.2) is 6.29 Å². The Kier molecular flexibility index (Phi) is 14.9. The minimum Gasteiger partial charge on any atom is -0.303 e. The van der Waals surface area contributed by atoms with Crippen LogP contribution in [0.25, 0.3) is 0 Å². The molecule has 0 saturated carbocycles. The monoisotopic (exact) mass is 238 g/mol. The Morgan fingerprint density at radius 2 is 1.06 bits per heavy atom. The number of allylic oxidation sites excluding steroid dienone is 2. The van der Waals surface area contributed by atoms with Crippen LogP contribution in [-0.2, 0) is 4.79 Å². The van der Waals surface area contributed by atoms with Crippen molar-refractivity contribution in [3.05, 3.63) is 12.2 Å². The molecular weight excluding hydrogens is 208 g/mol. The normalized spacial score (nSPS) is 11.1. The Labute approximate surface area is 108 Å². The van der Waals surface area contributed by atoms with Crippen LogP contribution in [0, 0.1) is 0 Å². The summed E-state index contributed by atoms with van der Waals surface area (Å²) >= 11 is 0. The minimum absolute atomic E-state index is 0.756. The predicted molar refractivity (Wildman–Crippen MR) is 76.3 cm³/mol. The lowest BCUT2D eigenvalue weighted by atomic mass is 10.1. The van der Waals surface area contributed by atoms with Crippen molar-refractivity contribution in [2.75, 3.05) is 0 Å². The summed E-state index contributed by atoms with van der Waals surface area (Å²) in [4.78, 5) is 10.1. The fraction of sp³-hybridized carbons (Fsp3) is 0.812. The number of rotatable bonds is 13. The van der Waals surface area contributed by atoms with E-state index in [0.29, 0.717) is 0 Å². The molecule has 0 aliphatic heterocycles. The molecule has 0 heterocycles. The maximum absolute atomic E-state index is 10.1. The van der Waals surface area contributed by atoms with Gasteiger partial charge >= 0.3 is 0 Å². The maximum Gasteiger partial charge on any atom is 0.119 e. The van der Waals surface area contributed by atoms with Crippen molar-refractivity contribution in [2.24, 2.45) is 0 Å². The van der Waals surface area contributed by atoms with Gasteiger partial charge in [-0.05, 0) is 26.2 Å². The molecule has 0 atom stereocenters. The SMILES string of the molecule is C/C=C/CCCCCCCCCCCCC=O. The highest BCUT2D eigenvalue weighted by atomic mass is 16.1. The second-order valence-corrected chi connectivity index (χ2v) is 4.85. The van der Waals surface area contributed by atoms with Crippen LogP contribution in [0.1, 0.15) is 84.0 Å². The molecule has 0 aliphatic carbocycles. The molecule has 1 heteroatoms. The van der Waals surface area contributed by atoms with Crippen molar-refractivity contribution in [3.63, 3.8) is 0 Å². The van der Waals surface area contributed by atoms with E-state index in [1.165, 1.54) is 64.2 Å². The van der Waals surface area contributed by atoms with Gasteiger partial charge in [-0.3, -0.25) is 0 Å². The van der Waals surface area contributed by atoms with Crippen LogP contribution in [0.15, 0.2) is 12.2 Å². The van der Waals surface area contributed by atoms with E-state index in [2.05, 4.69) is 19.1 Å². The number of aldehydes is 1. The second kappa shape index (κ2) is 15.4. The van der Waals surface area contributed by atoms with E-state index in [1.807, 2.05) is 0 Å². The average Bonchev–Trinajstić information content (AvgIpc) is 2.35. The summed E-state index contributed by atoms with van der Waals surface area (Å²) in [6, 6.07) is 0. The highest BCUT2D eigenvalue weighted by Gasteiger charge is 1.92. The van der Waals surface area contributed by atoms with E-state index >= 15 is 0 Å². The first kappa shape index (κ1) is 16.4. The molecule has 0 radical (unpaired) electrons. The summed E-state index contributed by atoms with van der Waals surface area (Å²) in [5.41, 5.74) is 0. The quantitative estimate of drug-likeness (QED) is 0.237. The molecule has 0 aromatic rings. The third kappa shape index (κ3) is 15.4. The summed E-state index contributed by atoms with van der Waals surface area (Å²) in [5, 5.41) is 0. The Hall–Kier alpha value is -0.590. The van der Waals surface area contributed by atoms with Gasteiger partial charge in [-0.1, -0.05) is 63.5 Å². The molecule has 0 amide bonds. The van der Waals surface area contributed by atoms with Crippen molar-refractivity contribution in [1.82, 2.24) is 0 Å². The van der Waals surface area contributed by atoms with Gasteiger partial charge in [-0.25, -0.2) is 0 Å². The molecule has 0 N–H and O–H groups in total. The Morgan fingerprint density at radius 1 is 0.647 bits per heavy atom. The lowest BCUT2D eigenvalue weighted by Gasteiger charge is -2.01. The van der Waals surface area contributed by atoms with Crippen LogP contribution in [0.2, 0.25) is 0 Å². The predicted octanol–water partition coefficient (Wildman–Crippen LogP) is 5.44. The van der Waals surface area contributed by atoms with Gasteiger partial charge in [0.15, 0.2) is 0 Å². The fourth-order valence-corrected chi connectivity index (χ4v) is 2.07. The number of carbonyl (C=O) groups is 1. The highest BCUT2D eigenvalue weighted by molar-refractivity contribution is 5.48. The zero-order valence-corrected chi connectivity index (χ0v) is 11.6. The summed E-state index contributed by atoms with van der Waals surface area (Å²) in [6.45, 7) is 2.09. The topological polar surface area (TPSA) is 17.1 Å². The van der Waals surface area contributed by atoms with Crippen molar-refractivity contribution < 1.29 is 4.79 Å². The molecule has 0 spiro atoms. The van der Waals surface area contributed by atoms with Gasteiger partial charge in [0, 0.05) is 6.42 Å². The zero-order valence-electron chi connectivity index (χ0n) is 11.6. The van der Waals surface area contributed by atoms with Crippen LogP contribution < -0.4 is 0 Å². The van der Waals surface area contributed by atoms with Crippen LogP contribution in [0.3, 0.4) is 0 Å². The molecular formula is C16H30O. The maximum atomic E-state index is 10.1. The molecule has 0 saturated heterocycles. The third-order valence-electron chi connectivity index (χ3n) is 3.18. The summed E-state index contributed by atoms with van der Waals surface area (Å²) < 4.78 is 0. The highest BCUT2D eigenvalue weighted by Crippen LogP contribution is 2.11. The molecule has 17 heavy (non-hydrogen) atoms. The number of hydrogen-bond donors (Lipinski definition) is 0. The van der Waals surface area contributed by atoms with Gasteiger partial charge in [0.2, 0.25) is 0 Å². The zero-order chi connectivity index (χ0) is 12.6. The standard InChI is InChI=1S/C16H30O/c1-2-3-4-5-6-7-8-9-10-11-12-13-14-15-16-17/h2-3,16H,4-15H2,1H3/b3-2+. The number of unbranched alkanes of at least 4 members (excludes halogenated alkanes) is 11. The van der Waals surface area contributed by atoms with Gasteiger partial charge < -0.3 is 4.79 Å². The molecule has 0 unspecified atom stereocenters. The Balaban J connectivity index is 2.91. The molecule has 0 aromatic heterocycles. The van der Waals surface area contributed by atoms with Gasteiger partial charge in [0.1, 0.15) is 6.29 Å². The first-order valence-electron chi connectivity index (χ1n) is 7.46. The molecule has 0 aliphatic rings. The van der Waals surface area contributed by atoms with E-state index in [0.717, 1.165) is 19.1 Å². The number of carbonyl (C=O) groups excluding carboxylic acids is 1. The fourth-order valence-electron chi connectivity index (χ4n) is 2.07. The molecule has 0 rings (SSSR count). The average molecular weight is 238 g/mol. The summed E-state index contributed by atoms with van der Waals surface area (Å²) in [6.07, 6.45) is 20.8. The van der Waals surface area contributed by atoms with Crippen LogP contribution >= 0.6 is 0 Å². The second-order valence-electron chi connectivity index (χ2n) is 4.85. The van der Waals surface area contributed by atoms with Gasteiger partial charge in [0.05, 0.1) is 0 Å². The molecule has 1 nitrogen and oxygen atoms in total. The summed E-state index contributed by atoms with van der Waals surface area (Å²) in [7, 11) is 0. The first-order valence-corrected chi connectivity index (χ1v) is 7.46. The Bertz CT molecular complexity index is 172. The van der Waals surface area contributed by atoms with Gasteiger partial charge in [-0.15, -0.1) is 0 Å². The van der Waals surface area contributed by atoms with Crippen LogP contribution in [0.4, 0.5) is 0 Å². The van der Waals surface area contributed by atoms with Crippen molar-refractivity contribution in [1.29, 1.82) is 0 Å². The van der Waals surface area contributed by atoms with Gasteiger partial charge in [0.25, 0.3) is 0 Å². The largest absolute Gasteiger partial charge is 0.303 e. The summed E-state index contributed by atoms with van der Waals surface area (Å²) in [5.74, 6) is 0.